The first-order chi connectivity index (χ1) is 7.65. The van der Waals surface area contributed by atoms with Gasteiger partial charge >= 0.3 is 0 Å². The summed E-state index contributed by atoms with van der Waals surface area (Å²) in [7, 11) is 0. The summed E-state index contributed by atoms with van der Waals surface area (Å²) in [6, 6.07) is 1.78. The Balaban J connectivity index is 2.44. The molecule has 0 saturated heterocycles. The lowest BCUT2D eigenvalue weighted by molar-refractivity contribution is 0.205. The van der Waals surface area contributed by atoms with Gasteiger partial charge in [0.1, 0.15) is 11.9 Å². The monoisotopic (exact) mass is 284 g/mol. The number of furan rings is 1. The molecule has 0 aliphatic rings. The Morgan fingerprint density at radius 2 is 2.38 bits per heavy atom. The van der Waals surface area contributed by atoms with E-state index in [0.29, 0.717) is 0 Å². The average Bonchev–Trinajstić information content (AvgIpc) is 2.83. The normalized spacial score (nSPS) is 13.0. The topological polar surface area (TPSA) is 51.2 Å². The van der Waals surface area contributed by atoms with Crippen LogP contribution in [0.25, 0.3) is 0 Å². The van der Waals surface area contributed by atoms with Gasteiger partial charge in [-0.3, -0.25) is 4.68 Å². The van der Waals surface area contributed by atoms with Crippen LogP contribution in [0.15, 0.2) is 27.4 Å². The molecule has 4 nitrogen and oxygen atoms in total. The molecule has 0 amide bonds. The van der Waals surface area contributed by atoms with Gasteiger partial charge < -0.3 is 9.52 Å². The van der Waals surface area contributed by atoms with E-state index >= 15 is 0 Å². The molecule has 2 heterocycles. The highest BCUT2D eigenvalue weighted by molar-refractivity contribution is 9.10. The summed E-state index contributed by atoms with van der Waals surface area (Å²) in [5, 5.41) is 14.5. The summed E-state index contributed by atoms with van der Waals surface area (Å²) in [6.07, 6.45) is 2.56. The van der Waals surface area contributed by atoms with E-state index in [-0.39, 0.29) is 0 Å². The number of nitrogens with zero attached hydrogens (tertiary/aromatic N) is 2. The predicted molar refractivity (Wildman–Crippen MR) is 63.1 cm³/mol. The highest BCUT2D eigenvalue weighted by atomic mass is 79.9. The second-order valence-electron chi connectivity index (χ2n) is 3.53. The number of aliphatic hydroxyl groups is 1. The fourth-order valence-corrected chi connectivity index (χ4v) is 2.23. The van der Waals surface area contributed by atoms with Crippen LogP contribution in [0.1, 0.15) is 30.0 Å². The van der Waals surface area contributed by atoms with Crippen molar-refractivity contribution in [3.8, 4) is 0 Å². The van der Waals surface area contributed by atoms with Gasteiger partial charge in [0.15, 0.2) is 0 Å². The molecule has 86 valence electrons. The standard InChI is InChI=1S/C11H13BrN2O2/c1-3-14-10(9(12)6-13-14)11(15)8-4-5-16-7(8)2/h4-6,11,15H,3H2,1-2H3. The van der Waals surface area contributed by atoms with Gasteiger partial charge in [-0.25, -0.2) is 0 Å². The Labute approximate surface area is 102 Å². The van der Waals surface area contributed by atoms with Crippen LogP contribution in [-0.2, 0) is 6.54 Å². The Morgan fingerprint density at radius 1 is 1.62 bits per heavy atom. The van der Waals surface area contributed by atoms with E-state index in [2.05, 4.69) is 21.0 Å². The number of hydrogen-bond acceptors (Lipinski definition) is 3. The fraction of sp³-hybridized carbons (Fsp3) is 0.364. The van der Waals surface area contributed by atoms with Gasteiger partial charge in [0, 0.05) is 12.1 Å². The van der Waals surface area contributed by atoms with Crippen molar-refractivity contribution in [1.29, 1.82) is 0 Å². The van der Waals surface area contributed by atoms with Gasteiger partial charge in [0.25, 0.3) is 0 Å². The zero-order valence-electron chi connectivity index (χ0n) is 9.14. The summed E-state index contributed by atoms with van der Waals surface area (Å²) in [4.78, 5) is 0. The summed E-state index contributed by atoms with van der Waals surface area (Å²) in [5.74, 6) is 0.725. The second-order valence-corrected chi connectivity index (χ2v) is 4.38. The van der Waals surface area contributed by atoms with Crippen LogP contribution in [0.3, 0.4) is 0 Å². The van der Waals surface area contributed by atoms with Crippen molar-refractivity contribution < 1.29 is 9.52 Å². The molecule has 1 atom stereocenters. The predicted octanol–water partition coefficient (Wildman–Crippen LogP) is 2.65. The zero-order chi connectivity index (χ0) is 11.7. The molecule has 2 aromatic rings. The summed E-state index contributed by atoms with van der Waals surface area (Å²) < 4.78 is 7.76. The molecule has 0 bridgehead atoms. The van der Waals surface area contributed by atoms with Gasteiger partial charge in [0.05, 0.1) is 22.6 Å². The van der Waals surface area contributed by atoms with E-state index in [1.807, 2.05) is 13.8 Å². The van der Waals surface area contributed by atoms with Crippen LogP contribution in [0.4, 0.5) is 0 Å². The first-order valence-electron chi connectivity index (χ1n) is 5.08. The average molecular weight is 285 g/mol. The van der Waals surface area contributed by atoms with Crippen LogP contribution in [0, 0.1) is 6.92 Å². The number of hydrogen-bond donors (Lipinski definition) is 1. The summed E-state index contributed by atoms with van der Waals surface area (Å²) in [6.45, 7) is 4.53. The maximum Gasteiger partial charge on any atom is 0.125 e. The number of rotatable bonds is 3. The highest BCUT2D eigenvalue weighted by Crippen LogP contribution is 2.30. The van der Waals surface area contributed by atoms with Crippen molar-refractivity contribution >= 4 is 15.9 Å². The third kappa shape index (κ3) is 1.81. The number of aromatic nitrogens is 2. The number of aliphatic hydroxyl groups excluding tert-OH is 1. The van der Waals surface area contributed by atoms with Crippen molar-refractivity contribution in [2.75, 3.05) is 0 Å². The third-order valence-electron chi connectivity index (χ3n) is 2.59. The van der Waals surface area contributed by atoms with E-state index < -0.39 is 6.10 Å². The van der Waals surface area contributed by atoms with Crippen LogP contribution in [-0.4, -0.2) is 14.9 Å². The minimum Gasteiger partial charge on any atom is -0.469 e. The summed E-state index contributed by atoms with van der Waals surface area (Å²) in [5.41, 5.74) is 1.53. The lowest BCUT2D eigenvalue weighted by atomic mass is 10.1. The quantitative estimate of drug-likeness (QED) is 0.943. The van der Waals surface area contributed by atoms with E-state index in [4.69, 9.17) is 4.42 Å². The molecular weight excluding hydrogens is 272 g/mol. The molecular formula is C11H13BrN2O2. The zero-order valence-corrected chi connectivity index (χ0v) is 10.7. The maximum absolute atomic E-state index is 10.3. The van der Waals surface area contributed by atoms with Crippen LogP contribution >= 0.6 is 15.9 Å². The molecule has 2 rings (SSSR count). The van der Waals surface area contributed by atoms with Crippen molar-refractivity contribution in [3.63, 3.8) is 0 Å². The Bertz CT molecular complexity index is 490. The molecule has 0 aliphatic heterocycles. The van der Waals surface area contributed by atoms with E-state index in [1.54, 1.807) is 23.2 Å². The largest absolute Gasteiger partial charge is 0.469 e. The van der Waals surface area contributed by atoms with Crippen molar-refractivity contribution in [2.45, 2.75) is 26.5 Å². The second kappa shape index (κ2) is 4.43. The van der Waals surface area contributed by atoms with Gasteiger partial charge in [-0.1, -0.05) is 0 Å². The van der Waals surface area contributed by atoms with Gasteiger partial charge in [0.2, 0.25) is 0 Å². The molecule has 5 heteroatoms. The van der Waals surface area contributed by atoms with Crippen LogP contribution in [0.2, 0.25) is 0 Å². The molecule has 0 spiro atoms. The molecule has 1 unspecified atom stereocenters. The smallest absolute Gasteiger partial charge is 0.125 e. The molecule has 16 heavy (non-hydrogen) atoms. The minimum absolute atomic E-state index is 0.712. The molecule has 0 radical (unpaired) electrons. The van der Waals surface area contributed by atoms with E-state index in [9.17, 15) is 5.11 Å². The SMILES string of the molecule is CCn1ncc(Br)c1C(O)c1ccoc1C. The molecule has 1 N–H and O–H groups in total. The first-order valence-corrected chi connectivity index (χ1v) is 5.87. The molecule has 2 aromatic heterocycles. The molecule has 0 aromatic carbocycles. The van der Waals surface area contributed by atoms with Crippen LogP contribution in [0.5, 0.6) is 0 Å². The first kappa shape index (κ1) is 11.4. The third-order valence-corrected chi connectivity index (χ3v) is 3.20. The fourth-order valence-electron chi connectivity index (χ4n) is 1.72. The van der Waals surface area contributed by atoms with Crippen molar-refractivity contribution in [1.82, 2.24) is 9.78 Å². The molecule has 0 fully saturated rings. The Morgan fingerprint density at radius 3 is 2.94 bits per heavy atom. The lowest BCUT2D eigenvalue weighted by Gasteiger charge is -2.12. The number of aryl methyl sites for hydroxylation is 2. The lowest BCUT2D eigenvalue weighted by Crippen LogP contribution is -2.09. The van der Waals surface area contributed by atoms with E-state index in [1.165, 1.54) is 0 Å². The maximum atomic E-state index is 10.3. The highest BCUT2D eigenvalue weighted by Gasteiger charge is 2.21. The van der Waals surface area contributed by atoms with Gasteiger partial charge in [-0.05, 0) is 35.8 Å². The van der Waals surface area contributed by atoms with Crippen molar-refractivity contribution in [3.05, 3.63) is 40.0 Å². The van der Waals surface area contributed by atoms with Crippen molar-refractivity contribution in [2.24, 2.45) is 0 Å². The van der Waals surface area contributed by atoms with Gasteiger partial charge in [-0.15, -0.1) is 0 Å². The number of halogens is 1. The Hall–Kier alpha value is -1.07. The van der Waals surface area contributed by atoms with Gasteiger partial charge in [-0.2, -0.15) is 5.10 Å². The Kier molecular flexibility index (Phi) is 3.16. The van der Waals surface area contributed by atoms with Crippen LogP contribution < -0.4 is 0 Å². The summed E-state index contributed by atoms with van der Waals surface area (Å²) >= 11 is 3.39. The molecule has 0 saturated carbocycles. The van der Waals surface area contributed by atoms with E-state index in [0.717, 1.165) is 28.0 Å². The molecule has 0 aliphatic carbocycles. The minimum atomic E-state index is -0.712.